The van der Waals surface area contributed by atoms with Crippen LogP contribution in [0.4, 0.5) is 0 Å². The molecule has 2 fully saturated rings. The fraction of sp³-hybridized carbons (Fsp3) is 0.938. The van der Waals surface area contributed by atoms with Crippen LogP contribution in [0.15, 0.2) is 0 Å². The van der Waals surface area contributed by atoms with E-state index < -0.39 is 5.97 Å². The van der Waals surface area contributed by atoms with Crippen molar-refractivity contribution in [3.05, 3.63) is 0 Å². The van der Waals surface area contributed by atoms with Gasteiger partial charge in [-0.05, 0) is 46.5 Å². The molecule has 0 aromatic carbocycles. The van der Waals surface area contributed by atoms with Gasteiger partial charge in [-0.1, -0.05) is 19.3 Å². The Balaban J connectivity index is 1.93. The summed E-state index contributed by atoms with van der Waals surface area (Å²) in [5.74, 6) is -0.759. The van der Waals surface area contributed by atoms with Gasteiger partial charge in [0.1, 0.15) is 0 Å². The first-order chi connectivity index (χ1) is 9.31. The molecule has 0 bridgehead atoms. The van der Waals surface area contributed by atoms with Crippen molar-refractivity contribution in [2.75, 3.05) is 13.1 Å². The molecular weight excluding hydrogens is 254 g/mol. The summed E-state index contributed by atoms with van der Waals surface area (Å²) in [5.41, 5.74) is -0.0141. The number of carbonyl (C=O) groups is 1. The highest BCUT2D eigenvalue weighted by Gasteiger charge is 2.42. The molecular formula is C16H29NO3. The predicted molar refractivity (Wildman–Crippen MR) is 78.9 cm³/mol. The Morgan fingerprint density at radius 2 is 1.90 bits per heavy atom. The molecule has 1 saturated carbocycles. The predicted octanol–water partition coefficient (Wildman–Crippen LogP) is 3.05. The Morgan fingerprint density at radius 1 is 1.25 bits per heavy atom. The van der Waals surface area contributed by atoms with Crippen LogP contribution in [0.25, 0.3) is 0 Å². The molecule has 0 radical (unpaired) electrons. The highest BCUT2D eigenvalue weighted by molar-refractivity contribution is 5.69. The number of carboxylic acids is 1. The van der Waals surface area contributed by atoms with Gasteiger partial charge in [-0.3, -0.25) is 9.69 Å². The lowest BCUT2D eigenvalue weighted by Crippen LogP contribution is -2.48. The SMILES string of the molecule is CC(C)(C)N(CC(=O)O)CC1CCC2(CCCCC2)O1. The maximum Gasteiger partial charge on any atom is 0.317 e. The van der Waals surface area contributed by atoms with Gasteiger partial charge in [-0.15, -0.1) is 0 Å². The van der Waals surface area contributed by atoms with Crippen LogP contribution in [-0.4, -0.2) is 46.3 Å². The van der Waals surface area contributed by atoms with E-state index >= 15 is 0 Å². The zero-order valence-corrected chi connectivity index (χ0v) is 13.2. The second kappa shape index (κ2) is 6.02. The summed E-state index contributed by atoms with van der Waals surface area (Å²) in [6.45, 7) is 7.04. The first-order valence-corrected chi connectivity index (χ1v) is 7.95. The first kappa shape index (κ1) is 15.8. The van der Waals surface area contributed by atoms with E-state index in [0.29, 0.717) is 0 Å². The molecule has 1 saturated heterocycles. The normalized spacial score (nSPS) is 26.3. The molecule has 0 aromatic heterocycles. The number of carboxylic acid groups (broad SMARTS) is 1. The van der Waals surface area contributed by atoms with Gasteiger partial charge in [0.2, 0.25) is 0 Å². The Kier molecular flexibility index (Phi) is 4.75. The van der Waals surface area contributed by atoms with E-state index in [-0.39, 0.29) is 23.8 Å². The van der Waals surface area contributed by atoms with E-state index in [4.69, 9.17) is 9.84 Å². The summed E-state index contributed by atoms with van der Waals surface area (Å²) in [5, 5.41) is 9.08. The highest BCUT2D eigenvalue weighted by Crippen LogP contribution is 2.42. The smallest absolute Gasteiger partial charge is 0.317 e. The molecule has 1 atom stereocenters. The van der Waals surface area contributed by atoms with E-state index in [0.717, 1.165) is 19.4 Å². The lowest BCUT2D eigenvalue weighted by molar-refractivity contribution is -0.141. The van der Waals surface area contributed by atoms with Crippen LogP contribution in [0, 0.1) is 0 Å². The van der Waals surface area contributed by atoms with E-state index in [9.17, 15) is 4.79 Å². The van der Waals surface area contributed by atoms with Crippen LogP contribution in [0.5, 0.6) is 0 Å². The van der Waals surface area contributed by atoms with Gasteiger partial charge in [0.15, 0.2) is 0 Å². The second-order valence-corrected chi connectivity index (χ2v) is 7.47. The minimum atomic E-state index is -0.759. The molecule has 116 valence electrons. The summed E-state index contributed by atoms with van der Waals surface area (Å²) >= 11 is 0. The van der Waals surface area contributed by atoms with Crippen LogP contribution < -0.4 is 0 Å². The Labute approximate surface area is 122 Å². The average Bonchev–Trinajstić information content (AvgIpc) is 2.70. The third-order valence-corrected chi connectivity index (χ3v) is 4.80. The summed E-state index contributed by atoms with van der Waals surface area (Å²) in [6.07, 6.45) is 8.72. The number of hydrogen-bond donors (Lipinski definition) is 1. The average molecular weight is 283 g/mol. The molecule has 1 unspecified atom stereocenters. The number of nitrogens with zero attached hydrogens (tertiary/aromatic N) is 1. The third kappa shape index (κ3) is 3.95. The maximum atomic E-state index is 11.0. The lowest BCUT2D eigenvalue weighted by atomic mass is 9.83. The van der Waals surface area contributed by atoms with Gasteiger partial charge >= 0.3 is 5.97 Å². The summed E-state index contributed by atoms with van der Waals surface area (Å²) in [6, 6.07) is 0. The first-order valence-electron chi connectivity index (χ1n) is 7.95. The van der Waals surface area contributed by atoms with Crippen molar-refractivity contribution < 1.29 is 14.6 Å². The van der Waals surface area contributed by atoms with Crippen LogP contribution in [-0.2, 0) is 9.53 Å². The number of ether oxygens (including phenoxy) is 1. The van der Waals surface area contributed by atoms with Crippen LogP contribution in [0.2, 0.25) is 0 Å². The second-order valence-electron chi connectivity index (χ2n) is 7.47. The number of aliphatic carboxylic acids is 1. The molecule has 20 heavy (non-hydrogen) atoms. The van der Waals surface area contributed by atoms with Gasteiger partial charge in [0.05, 0.1) is 18.2 Å². The molecule has 4 nitrogen and oxygen atoms in total. The molecule has 1 N–H and O–H groups in total. The van der Waals surface area contributed by atoms with Crippen molar-refractivity contribution in [2.24, 2.45) is 0 Å². The number of hydrogen-bond acceptors (Lipinski definition) is 3. The van der Waals surface area contributed by atoms with Crippen molar-refractivity contribution >= 4 is 5.97 Å². The molecule has 2 rings (SSSR count). The van der Waals surface area contributed by atoms with Crippen molar-refractivity contribution in [3.63, 3.8) is 0 Å². The summed E-state index contributed by atoms with van der Waals surface area (Å²) in [4.78, 5) is 13.1. The van der Waals surface area contributed by atoms with E-state index in [1.807, 2.05) is 4.90 Å². The molecule has 1 aliphatic heterocycles. The van der Waals surface area contributed by atoms with E-state index in [1.54, 1.807) is 0 Å². The highest BCUT2D eigenvalue weighted by atomic mass is 16.5. The minimum Gasteiger partial charge on any atom is -0.480 e. The molecule has 1 heterocycles. The summed E-state index contributed by atoms with van der Waals surface area (Å²) in [7, 11) is 0. The summed E-state index contributed by atoms with van der Waals surface area (Å²) < 4.78 is 6.36. The molecule has 1 spiro atoms. The van der Waals surface area contributed by atoms with Gasteiger partial charge in [-0.2, -0.15) is 0 Å². The Morgan fingerprint density at radius 3 is 2.45 bits per heavy atom. The largest absolute Gasteiger partial charge is 0.480 e. The van der Waals surface area contributed by atoms with Crippen molar-refractivity contribution in [1.82, 2.24) is 4.90 Å². The standard InChI is InChI=1S/C16H29NO3/c1-15(2,3)17(12-14(18)19)11-13-7-10-16(20-13)8-5-4-6-9-16/h13H,4-12H2,1-3H3,(H,18,19). The molecule has 0 aromatic rings. The van der Waals surface area contributed by atoms with Crippen molar-refractivity contribution in [3.8, 4) is 0 Å². The zero-order chi connectivity index (χ0) is 14.8. The van der Waals surface area contributed by atoms with E-state index in [1.165, 1.54) is 32.1 Å². The molecule has 0 amide bonds. The fourth-order valence-electron chi connectivity index (χ4n) is 3.57. The lowest BCUT2D eigenvalue weighted by Gasteiger charge is -2.38. The van der Waals surface area contributed by atoms with Crippen molar-refractivity contribution in [1.29, 1.82) is 0 Å². The quantitative estimate of drug-likeness (QED) is 0.861. The van der Waals surface area contributed by atoms with Crippen molar-refractivity contribution in [2.45, 2.75) is 83.0 Å². The topological polar surface area (TPSA) is 49.8 Å². The van der Waals surface area contributed by atoms with Gasteiger partial charge < -0.3 is 9.84 Å². The Bertz CT molecular complexity index is 342. The van der Waals surface area contributed by atoms with Gasteiger partial charge in [0.25, 0.3) is 0 Å². The van der Waals surface area contributed by atoms with E-state index in [2.05, 4.69) is 20.8 Å². The molecule has 4 heteroatoms. The molecule has 1 aliphatic carbocycles. The maximum absolute atomic E-state index is 11.0. The Hall–Kier alpha value is -0.610. The van der Waals surface area contributed by atoms with Gasteiger partial charge in [-0.25, -0.2) is 0 Å². The third-order valence-electron chi connectivity index (χ3n) is 4.80. The fourth-order valence-corrected chi connectivity index (χ4v) is 3.57. The minimum absolute atomic E-state index is 0.0936. The monoisotopic (exact) mass is 283 g/mol. The van der Waals surface area contributed by atoms with Gasteiger partial charge in [0, 0.05) is 12.1 Å². The van der Waals surface area contributed by atoms with Crippen LogP contribution in [0.1, 0.15) is 65.7 Å². The number of rotatable bonds is 4. The zero-order valence-electron chi connectivity index (χ0n) is 13.2. The molecule has 2 aliphatic rings. The van der Waals surface area contributed by atoms with Crippen LogP contribution in [0.3, 0.4) is 0 Å². The van der Waals surface area contributed by atoms with Crippen LogP contribution >= 0.6 is 0 Å².